The minimum atomic E-state index is -0.355. The number of imidazole rings is 1. The van der Waals surface area contributed by atoms with E-state index in [0.29, 0.717) is 5.69 Å². The van der Waals surface area contributed by atoms with Crippen molar-refractivity contribution in [3.8, 4) is 0 Å². The van der Waals surface area contributed by atoms with Crippen molar-refractivity contribution in [3.05, 3.63) is 17.7 Å². The highest BCUT2D eigenvalue weighted by Crippen LogP contribution is 2.05. The Morgan fingerprint density at radius 1 is 1.77 bits per heavy atom. The van der Waals surface area contributed by atoms with Crippen LogP contribution >= 0.6 is 0 Å². The molecule has 0 aliphatic heterocycles. The Labute approximate surface area is 76.0 Å². The van der Waals surface area contributed by atoms with Crippen LogP contribution in [0, 0.1) is 6.92 Å². The number of esters is 1. The lowest BCUT2D eigenvalue weighted by molar-refractivity contribution is -0.141. The van der Waals surface area contributed by atoms with E-state index in [2.05, 4.69) is 9.72 Å². The van der Waals surface area contributed by atoms with E-state index in [0.717, 1.165) is 5.69 Å². The minimum Gasteiger partial charge on any atom is -0.468 e. The number of carbonyl (C=O) groups is 1. The maximum Gasteiger partial charge on any atom is 0.325 e. The zero-order chi connectivity index (χ0) is 9.84. The predicted octanol–water partition coefficient (Wildman–Crippen LogP) is -0.143. The zero-order valence-electron chi connectivity index (χ0n) is 7.65. The number of nitrogens with zero attached hydrogens (tertiary/aromatic N) is 2. The van der Waals surface area contributed by atoms with E-state index >= 15 is 0 Å². The Morgan fingerprint density at radius 3 is 3.00 bits per heavy atom. The van der Waals surface area contributed by atoms with Crippen LogP contribution in [-0.2, 0) is 22.7 Å². The summed E-state index contributed by atoms with van der Waals surface area (Å²) in [4.78, 5) is 14.9. The Bertz CT molecular complexity index is 306. The van der Waals surface area contributed by atoms with Gasteiger partial charge < -0.3 is 14.4 Å². The molecule has 1 heterocycles. The number of carbonyl (C=O) groups excluding carboxylic acids is 1. The molecule has 1 rings (SSSR count). The smallest absolute Gasteiger partial charge is 0.325 e. The number of aryl methyl sites for hydroxylation is 1. The highest BCUT2D eigenvalue weighted by atomic mass is 16.5. The molecule has 0 saturated carbocycles. The lowest BCUT2D eigenvalue weighted by atomic mass is 10.3. The fourth-order valence-electron chi connectivity index (χ4n) is 1.05. The second kappa shape index (κ2) is 4.04. The molecule has 1 N–H and O–H groups in total. The third-order valence-electron chi connectivity index (χ3n) is 1.83. The molecule has 0 aliphatic rings. The van der Waals surface area contributed by atoms with Crippen molar-refractivity contribution in [1.29, 1.82) is 0 Å². The fourth-order valence-corrected chi connectivity index (χ4v) is 1.05. The minimum absolute atomic E-state index is 0.0905. The van der Waals surface area contributed by atoms with Crippen molar-refractivity contribution in [2.24, 2.45) is 0 Å². The van der Waals surface area contributed by atoms with Crippen molar-refractivity contribution >= 4 is 5.97 Å². The van der Waals surface area contributed by atoms with Crippen molar-refractivity contribution in [3.63, 3.8) is 0 Å². The molecular weight excluding hydrogens is 172 g/mol. The van der Waals surface area contributed by atoms with Gasteiger partial charge in [-0.1, -0.05) is 0 Å². The maximum atomic E-state index is 10.9. The number of aromatic nitrogens is 2. The van der Waals surface area contributed by atoms with Gasteiger partial charge in [0.1, 0.15) is 6.54 Å². The molecule has 1 aromatic heterocycles. The maximum absolute atomic E-state index is 10.9. The second-order valence-corrected chi connectivity index (χ2v) is 2.64. The van der Waals surface area contributed by atoms with Crippen molar-refractivity contribution in [1.82, 2.24) is 9.55 Å². The third kappa shape index (κ3) is 2.06. The van der Waals surface area contributed by atoms with Gasteiger partial charge in [0.2, 0.25) is 0 Å². The van der Waals surface area contributed by atoms with Gasteiger partial charge >= 0.3 is 5.97 Å². The average Bonchev–Trinajstić information content (AvgIpc) is 2.46. The quantitative estimate of drug-likeness (QED) is 0.664. The molecule has 5 heteroatoms. The Morgan fingerprint density at radius 2 is 2.46 bits per heavy atom. The molecule has 0 amide bonds. The SMILES string of the molecule is COC(=O)Cn1cnc(C)c1CO. The molecule has 0 fully saturated rings. The van der Waals surface area contributed by atoms with Gasteiger partial charge in [0.05, 0.1) is 31.4 Å². The molecule has 0 spiro atoms. The summed E-state index contributed by atoms with van der Waals surface area (Å²) < 4.78 is 6.06. The van der Waals surface area contributed by atoms with E-state index in [1.165, 1.54) is 13.4 Å². The average molecular weight is 184 g/mol. The van der Waals surface area contributed by atoms with Crippen molar-refractivity contribution in [2.45, 2.75) is 20.1 Å². The number of aliphatic hydroxyl groups is 1. The summed E-state index contributed by atoms with van der Waals surface area (Å²) in [6.45, 7) is 1.75. The first-order valence-corrected chi connectivity index (χ1v) is 3.87. The van der Waals surface area contributed by atoms with Gasteiger partial charge in [0.15, 0.2) is 0 Å². The standard InChI is InChI=1S/C8H12N2O3/c1-6-7(4-11)10(5-9-6)3-8(12)13-2/h5,11H,3-4H2,1-2H3. The molecule has 0 saturated heterocycles. The van der Waals surface area contributed by atoms with Gasteiger partial charge in [0.25, 0.3) is 0 Å². The van der Waals surface area contributed by atoms with E-state index in [9.17, 15) is 4.79 Å². The summed E-state index contributed by atoms with van der Waals surface area (Å²) in [5, 5.41) is 8.96. The van der Waals surface area contributed by atoms with Crippen LogP contribution in [0.25, 0.3) is 0 Å². The molecule has 0 radical (unpaired) electrons. The van der Waals surface area contributed by atoms with Crippen LogP contribution in [0.3, 0.4) is 0 Å². The fraction of sp³-hybridized carbons (Fsp3) is 0.500. The Kier molecular flexibility index (Phi) is 3.02. The molecule has 1 aromatic rings. The topological polar surface area (TPSA) is 64.4 Å². The van der Waals surface area contributed by atoms with Crippen LogP contribution in [0.5, 0.6) is 0 Å². The van der Waals surface area contributed by atoms with Crippen molar-refractivity contribution < 1.29 is 14.6 Å². The third-order valence-corrected chi connectivity index (χ3v) is 1.83. The van der Waals surface area contributed by atoms with Crippen LogP contribution < -0.4 is 0 Å². The number of aliphatic hydroxyl groups excluding tert-OH is 1. The van der Waals surface area contributed by atoms with Crippen LogP contribution in [-0.4, -0.2) is 27.7 Å². The van der Waals surface area contributed by atoms with Crippen LogP contribution in [0.2, 0.25) is 0 Å². The number of hydrogen-bond acceptors (Lipinski definition) is 4. The van der Waals surface area contributed by atoms with Crippen LogP contribution in [0.4, 0.5) is 0 Å². The van der Waals surface area contributed by atoms with Crippen LogP contribution in [0.15, 0.2) is 6.33 Å². The zero-order valence-corrected chi connectivity index (χ0v) is 7.65. The molecule has 13 heavy (non-hydrogen) atoms. The Hall–Kier alpha value is -1.36. The number of rotatable bonds is 3. The molecule has 72 valence electrons. The summed E-state index contributed by atoms with van der Waals surface area (Å²) in [5.41, 5.74) is 1.37. The first-order valence-electron chi connectivity index (χ1n) is 3.87. The molecule has 0 bridgehead atoms. The summed E-state index contributed by atoms with van der Waals surface area (Å²) in [6, 6.07) is 0. The summed E-state index contributed by atoms with van der Waals surface area (Å²) in [5.74, 6) is -0.355. The molecule has 0 unspecified atom stereocenters. The first kappa shape index (κ1) is 9.73. The summed E-state index contributed by atoms with van der Waals surface area (Å²) in [6.07, 6.45) is 1.51. The van der Waals surface area contributed by atoms with E-state index in [-0.39, 0.29) is 19.1 Å². The van der Waals surface area contributed by atoms with Crippen LogP contribution in [0.1, 0.15) is 11.4 Å². The lowest BCUT2D eigenvalue weighted by Gasteiger charge is -2.04. The van der Waals surface area contributed by atoms with E-state index in [1.54, 1.807) is 11.5 Å². The summed E-state index contributed by atoms with van der Waals surface area (Å²) in [7, 11) is 1.32. The highest BCUT2D eigenvalue weighted by Gasteiger charge is 2.09. The number of methoxy groups -OCH3 is 1. The van der Waals surface area contributed by atoms with E-state index in [4.69, 9.17) is 5.11 Å². The van der Waals surface area contributed by atoms with Gasteiger partial charge in [-0.15, -0.1) is 0 Å². The summed E-state index contributed by atoms with van der Waals surface area (Å²) >= 11 is 0. The van der Waals surface area contributed by atoms with E-state index < -0.39 is 0 Å². The number of hydrogen-bond donors (Lipinski definition) is 1. The second-order valence-electron chi connectivity index (χ2n) is 2.64. The lowest BCUT2D eigenvalue weighted by Crippen LogP contribution is -2.13. The Balaban J connectivity index is 2.82. The van der Waals surface area contributed by atoms with Gasteiger partial charge in [-0.05, 0) is 6.92 Å². The molecule has 0 aliphatic carbocycles. The van der Waals surface area contributed by atoms with Gasteiger partial charge in [-0.2, -0.15) is 0 Å². The van der Waals surface area contributed by atoms with Gasteiger partial charge in [-0.25, -0.2) is 4.98 Å². The predicted molar refractivity (Wildman–Crippen MR) is 44.9 cm³/mol. The molecule has 0 aromatic carbocycles. The number of ether oxygens (including phenoxy) is 1. The normalized spacial score (nSPS) is 10.1. The first-order chi connectivity index (χ1) is 6.19. The molecule has 5 nitrogen and oxygen atoms in total. The monoisotopic (exact) mass is 184 g/mol. The molecule has 0 atom stereocenters. The largest absolute Gasteiger partial charge is 0.468 e. The van der Waals surface area contributed by atoms with Gasteiger partial charge in [-0.3, -0.25) is 4.79 Å². The highest BCUT2D eigenvalue weighted by molar-refractivity contribution is 5.69. The molecular formula is C8H12N2O3. The van der Waals surface area contributed by atoms with Gasteiger partial charge in [0, 0.05) is 0 Å². The van der Waals surface area contributed by atoms with E-state index in [1.807, 2.05) is 0 Å². The van der Waals surface area contributed by atoms with Crippen molar-refractivity contribution in [2.75, 3.05) is 7.11 Å².